The molecule has 1 atom stereocenters. The predicted octanol–water partition coefficient (Wildman–Crippen LogP) is 4.31. The molecule has 0 spiro atoms. The fourth-order valence-corrected chi connectivity index (χ4v) is 2.59. The van der Waals surface area contributed by atoms with Crippen LogP contribution in [0, 0.1) is 17.4 Å². The third kappa shape index (κ3) is 4.46. The Hall–Kier alpha value is -1.56. The minimum absolute atomic E-state index is 0.152. The summed E-state index contributed by atoms with van der Waals surface area (Å²) in [6.07, 6.45) is -0.550. The van der Waals surface area contributed by atoms with Crippen LogP contribution in [0.1, 0.15) is 18.1 Å². The van der Waals surface area contributed by atoms with Crippen LogP contribution >= 0.6 is 22.6 Å². The quantitative estimate of drug-likeness (QED) is 0.784. The molecule has 3 nitrogen and oxygen atoms in total. The lowest BCUT2D eigenvalue weighted by molar-refractivity contribution is -0.122. The molecule has 2 aromatic carbocycles. The molecular weight excluding hydrogens is 377 g/mol. The topological polar surface area (TPSA) is 38.3 Å². The van der Waals surface area contributed by atoms with Crippen LogP contribution < -0.4 is 10.1 Å². The summed E-state index contributed by atoms with van der Waals surface area (Å²) < 4.78 is 6.82. The molecule has 1 amide bonds. The fourth-order valence-electron chi connectivity index (χ4n) is 1.95. The number of anilines is 1. The Morgan fingerprint density at radius 3 is 2.62 bits per heavy atom. The van der Waals surface area contributed by atoms with Crippen LogP contribution in [0.25, 0.3) is 0 Å². The van der Waals surface area contributed by atoms with E-state index in [-0.39, 0.29) is 5.91 Å². The average molecular weight is 395 g/mol. The SMILES string of the molecule is Cc1cccc(O[C@@H](C)C(=O)Nc2ccc(I)cc2C)c1. The normalized spacial score (nSPS) is 11.8. The van der Waals surface area contributed by atoms with Gasteiger partial charge in [-0.1, -0.05) is 12.1 Å². The van der Waals surface area contributed by atoms with Gasteiger partial charge in [0.2, 0.25) is 0 Å². The Kier molecular flexibility index (Phi) is 5.22. The molecule has 0 saturated carbocycles. The van der Waals surface area contributed by atoms with Crippen LogP contribution in [-0.2, 0) is 4.79 Å². The molecule has 4 heteroatoms. The van der Waals surface area contributed by atoms with E-state index in [1.54, 1.807) is 6.92 Å². The Morgan fingerprint density at radius 1 is 1.19 bits per heavy atom. The van der Waals surface area contributed by atoms with Crippen molar-refractivity contribution in [2.75, 3.05) is 5.32 Å². The van der Waals surface area contributed by atoms with Crippen molar-refractivity contribution in [1.82, 2.24) is 0 Å². The third-order valence-electron chi connectivity index (χ3n) is 3.12. The van der Waals surface area contributed by atoms with Gasteiger partial charge in [0.15, 0.2) is 6.10 Å². The van der Waals surface area contributed by atoms with Crippen molar-refractivity contribution in [2.24, 2.45) is 0 Å². The van der Waals surface area contributed by atoms with Gasteiger partial charge in [-0.05, 0) is 84.8 Å². The van der Waals surface area contributed by atoms with E-state index in [0.717, 1.165) is 20.4 Å². The van der Waals surface area contributed by atoms with Gasteiger partial charge < -0.3 is 10.1 Å². The van der Waals surface area contributed by atoms with Gasteiger partial charge in [-0.3, -0.25) is 4.79 Å². The van der Waals surface area contributed by atoms with Crippen LogP contribution in [0.2, 0.25) is 0 Å². The van der Waals surface area contributed by atoms with Gasteiger partial charge in [-0.2, -0.15) is 0 Å². The maximum atomic E-state index is 12.2. The molecule has 0 bridgehead atoms. The van der Waals surface area contributed by atoms with E-state index in [0.29, 0.717) is 5.75 Å². The zero-order chi connectivity index (χ0) is 15.4. The molecule has 0 aromatic heterocycles. The molecule has 0 saturated heterocycles. The van der Waals surface area contributed by atoms with Crippen molar-refractivity contribution in [3.05, 3.63) is 57.2 Å². The molecule has 0 aliphatic rings. The highest BCUT2D eigenvalue weighted by Crippen LogP contribution is 2.19. The number of aryl methyl sites for hydroxylation is 2. The first kappa shape index (κ1) is 15.8. The van der Waals surface area contributed by atoms with Crippen molar-refractivity contribution in [3.8, 4) is 5.75 Å². The van der Waals surface area contributed by atoms with E-state index in [2.05, 4.69) is 27.9 Å². The Balaban J connectivity index is 2.02. The van der Waals surface area contributed by atoms with Gasteiger partial charge in [0.05, 0.1) is 0 Å². The highest BCUT2D eigenvalue weighted by Gasteiger charge is 2.15. The highest BCUT2D eigenvalue weighted by molar-refractivity contribution is 14.1. The fraction of sp³-hybridized carbons (Fsp3) is 0.235. The van der Waals surface area contributed by atoms with Gasteiger partial charge in [0.1, 0.15) is 5.75 Å². The highest BCUT2D eigenvalue weighted by atomic mass is 127. The summed E-state index contributed by atoms with van der Waals surface area (Å²) in [6, 6.07) is 13.6. The van der Waals surface area contributed by atoms with Crippen LogP contribution in [0.3, 0.4) is 0 Å². The Labute approximate surface area is 138 Å². The number of nitrogens with one attached hydrogen (secondary N) is 1. The third-order valence-corrected chi connectivity index (χ3v) is 3.79. The number of carbonyl (C=O) groups is 1. The van der Waals surface area contributed by atoms with E-state index in [9.17, 15) is 4.79 Å². The number of ether oxygens (including phenoxy) is 1. The number of hydrogen-bond donors (Lipinski definition) is 1. The number of hydrogen-bond acceptors (Lipinski definition) is 2. The van der Waals surface area contributed by atoms with Crippen LogP contribution in [0.4, 0.5) is 5.69 Å². The van der Waals surface area contributed by atoms with Gasteiger partial charge in [0, 0.05) is 9.26 Å². The number of rotatable bonds is 4. The van der Waals surface area contributed by atoms with E-state index >= 15 is 0 Å². The second-order valence-corrected chi connectivity index (χ2v) is 6.27. The zero-order valence-corrected chi connectivity index (χ0v) is 14.5. The number of halogens is 1. The molecule has 0 unspecified atom stereocenters. The lowest BCUT2D eigenvalue weighted by Gasteiger charge is -2.16. The molecule has 0 radical (unpaired) electrons. The van der Waals surface area contributed by atoms with E-state index in [1.165, 1.54) is 0 Å². The maximum absolute atomic E-state index is 12.2. The summed E-state index contributed by atoms with van der Waals surface area (Å²) >= 11 is 2.25. The number of amides is 1. The molecule has 1 N–H and O–H groups in total. The van der Waals surface area contributed by atoms with Crippen molar-refractivity contribution in [1.29, 1.82) is 0 Å². The first-order valence-corrected chi connectivity index (χ1v) is 7.84. The lowest BCUT2D eigenvalue weighted by atomic mass is 10.2. The lowest BCUT2D eigenvalue weighted by Crippen LogP contribution is -2.30. The summed E-state index contributed by atoms with van der Waals surface area (Å²) in [5.74, 6) is 0.554. The Bertz CT molecular complexity index is 655. The molecule has 21 heavy (non-hydrogen) atoms. The summed E-state index contributed by atoms with van der Waals surface area (Å²) in [6.45, 7) is 5.72. The minimum Gasteiger partial charge on any atom is -0.481 e. The van der Waals surface area contributed by atoms with E-state index < -0.39 is 6.10 Å². The summed E-state index contributed by atoms with van der Waals surface area (Å²) in [4.78, 5) is 12.2. The maximum Gasteiger partial charge on any atom is 0.265 e. The summed E-state index contributed by atoms with van der Waals surface area (Å²) in [5.41, 5.74) is 2.96. The Morgan fingerprint density at radius 2 is 1.95 bits per heavy atom. The molecule has 2 aromatic rings. The number of carbonyl (C=O) groups excluding carboxylic acids is 1. The van der Waals surface area contributed by atoms with Crippen molar-refractivity contribution in [2.45, 2.75) is 26.9 Å². The average Bonchev–Trinajstić information content (AvgIpc) is 2.41. The summed E-state index contributed by atoms with van der Waals surface area (Å²) in [5, 5.41) is 2.90. The molecule has 2 rings (SSSR count). The zero-order valence-electron chi connectivity index (χ0n) is 12.3. The van der Waals surface area contributed by atoms with Gasteiger partial charge in [-0.15, -0.1) is 0 Å². The second-order valence-electron chi connectivity index (χ2n) is 5.03. The molecular formula is C17H18INO2. The smallest absolute Gasteiger partial charge is 0.265 e. The van der Waals surface area contributed by atoms with Crippen LogP contribution in [0.15, 0.2) is 42.5 Å². The van der Waals surface area contributed by atoms with Crippen LogP contribution in [0.5, 0.6) is 5.75 Å². The van der Waals surface area contributed by atoms with Gasteiger partial charge in [0.25, 0.3) is 5.91 Å². The van der Waals surface area contributed by atoms with Gasteiger partial charge >= 0.3 is 0 Å². The monoisotopic (exact) mass is 395 g/mol. The molecule has 0 aliphatic heterocycles. The van der Waals surface area contributed by atoms with E-state index in [1.807, 2.05) is 56.3 Å². The molecule has 0 aliphatic carbocycles. The number of benzene rings is 2. The van der Waals surface area contributed by atoms with Crippen molar-refractivity contribution in [3.63, 3.8) is 0 Å². The van der Waals surface area contributed by atoms with E-state index in [4.69, 9.17) is 4.74 Å². The first-order valence-electron chi connectivity index (χ1n) is 6.76. The first-order chi connectivity index (χ1) is 9.95. The summed E-state index contributed by atoms with van der Waals surface area (Å²) in [7, 11) is 0. The minimum atomic E-state index is -0.550. The predicted molar refractivity (Wildman–Crippen MR) is 93.8 cm³/mol. The largest absolute Gasteiger partial charge is 0.481 e. The molecule has 0 fully saturated rings. The molecule has 0 heterocycles. The van der Waals surface area contributed by atoms with Crippen LogP contribution in [-0.4, -0.2) is 12.0 Å². The van der Waals surface area contributed by atoms with Crippen molar-refractivity contribution < 1.29 is 9.53 Å². The van der Waals surface area contributed by atoms with Crippen molar-refractivity contribution >= 4 is 34.2 Å². The van der Waals surface area contributed by atoms with Gasteiger partial charge in [-0.25, -0.2) is 0 Å². The standard InChI is InChI=1S/C17H18INO2/c1-11-5-4-6-15(9-11)21-13(3)17(20)19-16-8-7-14(18)10-12(16)2/h4-10,13H,1-3H3,(H,19,20)/t13-/m0/s1. The molecule has 110 valence electrons. The second kappa shape index (κ2) is 6.93.